The first-order chi connectivity index (χ1) is 12.4. The Morgan fingerprint density at radius 3 is 2.19 bits per heavy atom. The van der Waals surface area contributed by atoms with Gasteiger partial charge in [-0.05, 0) is 26.0 Å². The molecule has 134 valence electrons. The summed E-state index contributed by atoms with van der Waals surface area (Å²) in [5, 5.41) is 0. The highest BCUT2D eigenvalue weighted by Gasteiger charge is 2.36. The van der Waals surface area contributed by atoms with Crippen LogP contribution in [0.2, 0.25) is 0 Å². The van der Waals surface area contributed by atoms with Crippen molar-refractivity contribution in [1.82, 2.24) is 0 Å². The molecule has 1 saturated heterocycles. The van der Waals surface area contributed by atoms with Crippen LogP contribution >= 0.6 is 0 Å². The first-order valence-corrected chi connectivity index (χ1v) is 8.57. The van der Waals surface area contributed by atoms with Crippen molar-refractivity contribution in [3.63, 3.8) is 0 Å². The maximum Gasteiger partial charge on any atom is 0.311 e. The van der Waals surface area contributed by atoms with Crippen molar-refractivity contribution in [3.8, 4) is 0 Å². The van der Waals surface area contributed by atoms with Crippen LogP contribution in [0.15, 0.2) is 48.5 Å². The molecule has 5 heteroatoms. The SMILES string of the molecule is Cc1ccc(C(=O)COC(=O)C2CC(=O)N(c3ccc(C)cc3)C2)cc1. The second kappa shape index (κ2) is 7.52. The number of esters is 1. The highest BCUT2D eigenvalue weighted by molar-refractivity contribution is 6.01. The summed E-state index contributed by atoms with van der Waals surface area (Å²) in [4.78, 5) is 38.2. The van der Waals surface area contributed by atoms with Crippen LogP contribution in [0.25, 0.3) is 0 Å². The van der Waals surface area contributed by atoms with Crippen LogP contribution in [0.1, 0.15) is 27.9 Å². The van der Waals surface area contributed by atoms with Gasteiger partial charge >= 0.3 is 5.97 Å². The van der Waals surface area contributed by atoms with Crippen molar-refractivity contribution in [2.24, 2.45) is 5.92 Å². The predicted molar refractivity (Wildman–Crippen MR) is 98.1 cm³/mol. The predicted octanol–water partition coefficient (Wildman–Crippen LogP) is 3.08. The van der Waals surface area contributed by atoms with Crippen molar-refractivity contribution in [3.05, 3.63) is 65.2 Å². The van der Waals surface area contributed by atoms with Gasteiger partial charge < -0.3 is 9.64 Å². The number of nitrogens with zero attached hydrogens (tertiary/aromatic N) is 1. The highest BCUT2D eigenvalue weighted by Crippen LogP contribution is 2.26. The third kappa shape index (κ3) is 3.99. The number of rotatable bonds is 5. The Bertz CT molecular complexity index is 824. The van der Waals surface area contributed by atoms with Gasteiger partial charge in [0.25, 0.3) is 0 Å². The summed E-state index contributed by atoms with van der Waals surface area (Å²) in [5.41, 5.74) is 3.43. The summed E-state index contributed by atoms with van der Waals surface area (Å²) in [6, 6.07) is 14.7. The lowest BCUT2D eigenvalue weighted by atomic mass is 10.1. The topological polar surface area (TPSA) is 63.7 Å². The zero-order valence-corrected chi connectivity index (χ0v) is 14.9. The lowest BCUT2D eigenvalue weighted by Gasteiger charge is -2.16. The van der Waals surface area contributed by atoms with Gasteiger partial charge in [-0.3, -0.25) is 14.4 Å². The monoisotopic (exact) mass is 351 g/mol. The molecule has 1 unspecified atom stereocenters. The normalized spacial score (nSPS) is 16.6. The second-order valence-electron chi connectivity index (χ2n) is 6.64. The largest absolute Gasteiger partial charge is 0.457 e. The van der Waals surface area contributed by atoms with E-state index in [1.807, 2.05) is 50.2 Å². The van der Waals surface area contributed by atoms with E-state index >= 15 is 0 Å². The number of carbonyl (C=O) groups excluding carboxylic acids is 3. The number of ether oxygens (including phenoxy) is 1. The zero-order chi connectivity index (χ0) is 18.7. The molecule has 26 heavy (non-hydrogen) atoms. The molecule has 2 aromatic rings. The molecule has 2 aromatic carbocycles. The standard InChI is InChI=1S/C21H21NO4/c1-14-3-7-16(8-4-14)19(23)13-26-21(25)17-11-20(24)22(12-17)18-9-5-15(2)6-10-18/h3-10,17H,11-13H2,1-2H3. The van der Waals surface area contributed by atoms with Crippen LogP contribution in [0.4, 0.5) is 5.69 Å². The number of Topliss-reactive ketones (excluding diaryl/α,β-unsaturated/α-hetero) is 1. The maximum absolute atomic E-state index is 12.3. The van der Waals surface area contributed by atoms with Gasteiger partial charge in [0.15, 0.2) is 12.4 Å². The fourth-order valence-corrected chi connectivity index (χ4v) is 2.92. The Morgan fingerprint density at radius 2 is 1.58 bits per heavy atom. The minimum Gasteiger partial charge on any atom is -0.457 e. The second-order valence-corrected chi connectivity index (χ2v) is 6.64. The van der Waals surface area contributed by atoms with Gasteiger partial charge in [0.1, 0.15) is 0 Å². The first-order valence-electron chi connectivity index (χ1n) is 8.57. The highest BCUT2D eigenvalue weighted by atomic mass is 16.5. The minimum atomic E-state index is -0.547. The van der Waals surface area contributed by atoms with E-state index < -0.39 is 11.9 Å². The molecule has 1 aliphatic heterocycles. The van der Waals surface area contributed by atoms with Crippen LogP contribution in [-0.2, 0) is 14.3 Å². The Kier molecular flexibility index (Phi) is 5.16. The van der Waals surface area contributed by atoms with E-state index in [0.717, 1.165) is 16.8 Å². The molecule has 1 aliphatic rings. The molecule has 1 fully saturated rings. The van der Waals surface area contributed by atoms with E-state index in [0.29, 0.717) is 5.56 Å². The van der Waals surface area contributed by atoms with Crippen LogP contribution < -0.4 is 4.90 Å². The van der Waals surface area contributed by atoms with Crippen LogP contribution in [0, 0.1) is 19.8 Å². The summed E-state index contributed by atoms with van der Waals surface area (Å²) >= 11 is 0. The summed E-state index contributed by atoms with van der Waals surface area (Å²) in [6.07, 6.45) is 0.103. The van der Waals surface area contributed by atoms with Gasteiger partial charge in [-0.1, -0.05) is 47.5 Å². The van der Waals surface area contributed by atoms with Crippen molar-refractivity contribution in [1.29, 1.82) is 0 Å². The first kappa shape index (κ1) is 17.9. The zero-order valence-electron chi connectivity index (χ0n) is 14.9. The molecule has 0 saturated carbocycles. The summed E-state index contributed by atoms with van der Waals surface area (Å²) in [6.45, 7) is 3.88. The Hall–Kier alpha value is -2.95. The average molecular weight is 351 g/mol. The number of amides is 1. The number of hydrogen-bond acceptors (Lipinski definition) is 4. The Morgan fingerprint density at radius 1 is 1.00 bits per heavy atom. The molecule has 0 aliphatic carbocycles. The van der Waals surface area contributed by atoms with E-state index in [9.17, 15) is 14.4 Å². The molecule has 0 radical (unpaired) electrons. The molecule has 0 spiro atoms. The lowest BCUT2D eigenvalue weighted by Crippen LogP contribution is -2.27. The van der Waals surface area contributed by atoms with Gasteiger partial charge in [0, 0.05) is 24.2 Å². The maximum atomic E-state index is 12.3. The van der Waals surface area contributed by atoms with Crippen LogP contribution in [0.3, 0.4) is 0 Å². The van der Waals surface area contributed by atoms with E-state index in [2.05, 4.69) is 0 Å². The van der Waals surface area contributed by atoms with Gasteiger partial charge in [-0.2, -0.15) is 0 Å². The summed E-state index contributed by atoms with van der Waals surface area (Å²) in [5.74, 6) is -1.42. The number of anilines is 1. The molecule has 1 amide bonds. The number of benzene rings is 2. The molecule has 0 N–H and O–H groups in total. The summed E-state index contributed by atoms with van der Waals surface area (Å²) in [7, 11) is 0. The average Bonchev–Trinajstić information content (AvgIpc) is 3.02. The number of aryl methyl sites for hydroxylation is 2. The third-order valence-electron chi connectivity index (χ3n) is 4.52. The van der Waals surface area contributed by atoms with E-state index in [-0.39, 0.29) is 31.3 Å². The number of hydrogen-bond donors (Lipinski definition) is 0. The molecular formula is C21H21NO4. The Labute approximate surface area is 152 Å². The quantitative estimate of drug-likeness (QED) is 0.613. The van der Waals surface area contributed by atoms with Crippen molar-refractivity contribution in [2.75, 3.05) is 18.1 Å². The smallest absolute Gasteiger partial charge is 0.311 e. The van der Waals surface area contributed by atoms with Crippen LogP contribution in [-0.4, -0.2) is 30.8 Å². The van der Waals surface area contributed by atoms with E-state index in [1.54, 1.807) is 17.0 Å². The van der Waals surface area contributed by atoms with Gasteiger partial charge in [-0.25, -0.2) is 0 Å². The molecule has 0 bridgehead atoms. The van der Waals surface area contributed by atoms with Crippen molar-refractivity contribution in [2.45, 2.75) is 20.3 Å². The summed E-state index contributed by atoms with van der Waals surface area (Å²) < 4.78 is 5.16. The van der Waals surface area contributed by atoms with Crippen molar-refractivity contribution >= 4 is 23.3 Å². The van der Waals surface area contributed by atoms with Gasteiger partial charge in [0.05, 0.1) is 5.92 Å². The van der Waals surface area contributed by atoms with Crippen LogP contribution in [0.5, 0.6) is 0 Å². The van der Waals surface area contributed by atoms with E-state index in [1.165, 1.54) is 0 Å². The van der Waals surface area contributed by atoms with E-state index in [4.69, 9.17) is 4.74 Å². The fraction of sp³-hybridized carbons (Fsp3) is 0.286. The third-order valence-corrected chi connectivity index (χ3v) is 4.52. The lowest BCUT2D eigenvalue weighted by molar-refractivity contribution is -0.147. The number of ketones is 1. The number of carbonyl (C=O) groups is 3. The van der Waals surface area contributed by atoms with Gasteiger partial charge in [0.2, 0.25) is 5.91 Å². The molecule has 1 heterocycles. The molecule has 0 aromatic heterocycles. The molecule has 5 nitrogen and oxygen atoms in total. The van der Waals surface area contributed by atoms with Gasteiger partial charge in [-0.15, -0.1) is 0 Å². The van der Waals surface area contributed by atoms with Crippen molar-refractivity contribution < 1.29 is 19.1 Å². The molecule has 3 rings (SSSR count). The fourth-order valence-electron chi connectivity index (χ4n) is 2.92. The Balaban J connectivity index is 1.57. The minimum absolute atomic E-state index is 0.103. The molecular weight excluding hydrogens is 330 g/mol. The molecule has 1 atom stereocenters.